The van der Waals surface area contributed by atoms with Crippen molar-refractivity contribution in [1.82, 2.24) is 14.9 Å². The van der Waals surface area contributed by atoms with Crippen LogP contribution in [0, 0.1) is 0 Å². The van der Waals surface area contributed by atoms with Crippen LogP contribution in [0.2, 0.25) is 0 Å². The fraction of sp³-hybridized carbons (Fsp3) is 0.500. The lowest BCUT2D eigenvalue weighted by atomic mass is 10.2. The second-order valence-electron chi connectivity index (χ2n) is 5.24. The van der Waals surface area contributed by atoms with Crippen LogP contribution in [-0.4, -0.2) is 34.7 Å². The molecular formula is C14H17N3O4S. The minimum Gasteiger partial charge on any atom is -0.376 e. The maximum absolute atomic E-state index is 12.2. The first-order valence-corrected chi connectivity index (χ1v) is 8.12. The number of ether oxygens (including phenoxy) is 1. The molecule has 3 heterocycles. The first-order chi connectivity index (χ1) is 10.6. The van der Waals surface area contributed by atoms with E-state index in [1.54, 1.807) is 11.4 Å². The lowest BCUT2D eigenvalue weighted by Gasteiger charge is -2.11. The Labute approximate surface area is 129 Å². The molecule has 1 atom stereocenters. The average Bonchev–Trinajstić information content (AvgIpc) is 3.15. The summed E-state index contributed by atoms with van der Waals surface area (Å²) in [5.41, 5.74) is -0.289. The number of thiophene rings is 1. The highest BCUT2D eigenvalue weighted by Crippen LogP contribution is 2.12. The van der Waals surface area contributed by atoms with Crippen LogP contribution in [0.15, 0.2) is 21.0 Å². The van der Waals surface area contributed by atoms with Crippen molar-refractivity contribution in [2.24, 2.45) is 0 Å². The zero-order chi connectivity index (χ0) is 15.5. The van der Waals surface area contributed by atoms with Crippen molar-refractivity contribution in [2.75, 3.05) is 13.2 Å². The summed E-state index contributed by atoms with van der Waals surface area (Å²) in [7, 11) is 0. The molecule has 2 aromatic rings. The van der Waals surface area contributed by atoms with Crippen molar-refractivity contribution in [1.29, 1.82) is 0 Å². The van der Waals surface area contributed by atoms with Crippen molar-refractivity contribution >= 4 is 27.5 Å². The molecule has 1 amide bonds. The third-order valence-corrected chi connectivity index (χ3v) is 4.61. The second kappa shape index (κ2) is 6.45. The van der Waals surface area contributed by atoms with Gasteiger partial charge >= 0.3 is 5.69 Å². The maximum atomic E-state index is 12.2. The van der Waals surface area contributed by atoms with Gasteiger partial charge in [-0.3, -0.25) is 14.2 Å². The van der Waals surface area contributed by atoms with Crippen molar-refractivity contribution in [3.05, 3.63) is 32.3 Å². The van der Waals surface area contributed by atoms with Gasteiger partial charge in [-0.2, -0.15) is 0 Å². The van der Waals surface area contributed by atoms with Crippen LogP contribution in [0.5, 0.6) is 0 Å². The smallest absolute Gasteiger partial charge is 0.328 e. The van der Waals surface area contributed by atoms with E-state index in [9.17, 15) is 14.4 Å². The molecule has 22 heavy (non-hydrogen) atoms. The summed E-state index contributed by atoms with van der Waals surface area (Å²) in [5.74, 6) is -0.187. The van der Waals surface area contributed by atoms with E-state index < -0.39 is 5.69 Å². The molecule has 0 spiro atoms. The topological polar surface area (TPSA) is 93.2 Å². The number of nitrogens with one attached hydrogen (secondary N) is 2. The van der Waals surface area contributed by atoms with Gasteiger partial charge in [0.05, 0.1) is 11.6 Å². The highest BCUT2D eigenvalue weighted by Gasteiger charge is 2.16. The zero-order valence-electron chi connectivity index (χ0n) is 12.0. The number of amides is 1. The number of carbonyl (C=O) groups is 1. The van der Waals surface area contributed by atoms with Gasteiger partial charge in [-0.1, -0.05) is 0 Å². The quantitative estimate of drug-likeness (QED) is 0.835. The van der Waals surface area contributed by atoms with Crippen molar-refractivity contribution in [2.45, 2.75) is 31.9 Å². The van der Waals surface area contributed by atoms with E-state index in [4.69, 9.17) is 4.74 Å². The predicted molar refractivity (Wildman–Crippen MR) is 83.3 cm³/mol. The summed E-state index contributed by atoms with van der Waals surface area (Å²) in [4.78, 5) is 38.5. The minimum absolute atomic E-state index is 0.0688. The Morgan fingerprint density at radius 1 is 1.50 bits per heavy atom. The van der Waals surface area contributed by atoms with Crippen LogP contribution in [0.4, 0.5) is 0 Å². The van der Waals surface area contributed by atoms with Crippen molar-refractivity contribution in [3.63, 3.8) is 0 Å². The molecule has 8 heteroatoms. The molecule has 7 nitrogen and oxygen atoms in total. The Bertz CT molecular complexity index is 785. The van der Waals surface area contributed by atoms with Crippen LogP contribution in [-0.2, 0) is 16.1 Å². The van der Waals surface area contributed by atoms with E-state index in [-0.39, 0.29) is 30.5 Å². The van der Waals surface area contributed by atoms with Crippen LogP contribution in [0.25, 0.3) is 10.2 Å². The van der Waals surface area contributed by atoms with Gasteiger partial charge in [0.15, 0.2) is 0 Å². The Morgan fingerprint density at radius 3 is 3.14 bits per heavy atom. The summed E-state index contributed by atoms with van der Waals surface area (Å²) in [6.07, 6.45) is 2.14. The molecule has 1 aliphatic heterocycles. The van der Waals surface area contributed by atoms with Crippen molar-refractivity contribution < 1.29 is 9.53 Å². The van der Waals surface area contributed by atoms with Crippen LogP contribution in [0.1, 0.15) is 19.3 Å². The number of nitrogens with zero attached hydrogens (tertiary/aromatic N) is 1. The third-order valence-electron chi connectivity index (χ3n) is 3.70. The number of aromatic nitrogens is 2. The summed E-state index contributed by atoms with van der Waals surface area (Å²) >= 11 is 1.28. The van der Waals surface area contributed by atoms with Gasteiger partial charge in [-0.05, 0) is 24.3 Å². The molecular weight excluding hydrogens is 306 g/mol. The van der Waals surface area contributed by atoms with Gasteiger partial charge in [-0.25, -0.2) is 4.79 Å². The van der Waals surface area contributed by atoms with Crippen LogP contribution >= 0.6 is 11.3 Å². The maximum Gasteiger partial charge on any atom is 0.328 e. The van der Waals surface area contributed by atoms with Gasteiger partial charge in [0.2, 0.25) is 5.91 Å². The van der Waals surface area contributed by atoms with E-state index in [0.29, 0.717) is 16.8 Å². The lowest BCUT2D eigenvalue weighted by Crippen LogP contribution is -2.37. The molecule has 3 rings (SSSR count). The molecule has 1 fully saturated rings. The first kappa shape index (κ1) is 15.0. The van der Waals surface area contributed by atoms with E-state index in [0.717, 1.165) is 24.0 Å². The number of carbonyl (C=O) groups excluding carboxylic acids is 1. The van der Waals surface area contributed by atoms with Gasteiger partial charge in [0, 0.05) is 26.1 Å². The Morgan fingerprint density at radius 2 is 2.36 bits per heavy atom. The Hall–Kier alpha value is -1.93. The molecule has 1 unspecified atom stereocenters. The second-order valence-corrected chi connectivity index (χ2v) is 6.16. The average molecular weight is 323 g/mol. The van der Waals surface area contributed by atoms with Gasteiger partial charge in [0.25, 0.3) is 5.56 Å². The Kier molecular flexibility index (Phi) is 4.39. The number of hydrogen-bond acceptors (Lipinski definition) is 5. The van der Waals surface area contributed by atoms with Gasteiger partial charge in [0.1, 0.15) is 4.70 Å². The normalized spacial score (nSPS) is 17.9. The monoisotopic (exact) mass is 323 g/mol. The molecule has 0 saturated carbocycles. The lowest BCUT2D eigenvalue weighted by molar-refractivity contribution is -0.121. The molecule has 1 aliphatic rings. The molecule has 2 aromatic heterocycles. The SMILES string of the molecule is O=C(CCn1c(=O)[nH]c2ccsc2c1=O)NCC1CCCO1. The molecule has 0 radical (unpaired) electrons. The predicted octanol–water partition coefficient (Wildman–Crippen LogP) is 0.437. The summed E-state index contributed by atoms with van der Waals surface area (Å²) in [5, 5.41) is 4.53. The number of rotatable bonds is 5. The minimum atomic E-state index is -0.483. The summed E-state index contributed by atoms with van der Waals surface area (Å²) < 4.78 is 6.99. The fourth-order valence-corrected chi connectivity index (χ4v) is 3.31. The molecule has 0 aromatic carbocycles. The molecule has 0 aliphatic carbocycles. The van der Waals surface area contributed by atoms with Crippen LogP contribution < -0.4 is 16.6 Å². The van der Waals surface area contributed by atoms with Crippen molar-refractivity contribution in [3.8, 4) is 0 Å². The molecule has 2 N–H and O–H groups in total. The number of aromatic amines is 1. The largest absolute Gasteiger partial charge is 0.376 e. The summed E-state index contributed by atoms with van der Waals surface area (Å²) in [6.45, 7) is 1.29. The van der Waals surface area contributed by atoms with E-state index in [1.165, 1.54) is 11.3 Å². The van der Waals surface area contributed by atoms with Gasteiger partial charge in [-0.15, -0.1) is 11.3 Å². The highest BCUT2D eigenvalue weighted by molar-refractivity contribution is 7.17. The third kappa shape index (κ3) is 3.12. The van der Waals surface area contributed by atoms with E-state index >= 15 is 0 Å². The Balaban J connectivity index is 1.62. The first-order valence-electron chi connectivity index (χ1n) is 7.24. The summed E-state index contributed by atoms with van der Waals surface area (Å²) in [6, 6.07) is 1.70. The zero-order valence-corrected chi connectivity index (χ0v) is 12.8. The molecule has 118 valence electrons. The molecule has 0 bridgehead atoms. The fourth-order valence-electron chi connectivity index (χ4n) is 2.51. The standard InChI is InChI=1S/C14H17N3O4S/c18-11(15-8-9-2-1-6-21-9)3-5-17-13(19)12-10(4-7-22-12)16-14(17)20/h4,7,9H,1-3,5-6,8H2,(H,15,18)(H,16,20). The van der Waals surface area contributed by atoms with Crippen LogP contribution in [0.3, 0.4) is 0 Å². The number of fused-ring (bicyclic) bond motifs is 1. The number of H-pyrrole nitrogens is 1. The van der Waals surface area contributed by atoms with Gasteiger partial charge < -0.3 is 15.0 Å². The highest BCUT2D eigenvalue weighted by atomic mass is 32.1. The number of hydrogen-bond donors (Lipinski definition) is 2. The van der Waals surface area contributed by atoms with E-state index in [1.807, 2.05) is 0 Å². The molecule has 1 saturated heterocycles. The van der Waals surface area contributed by atoms with E-state index in [2.05, 4.69) is 10.3 Å².